The van der Waals surface area contributed by atoms with Gasteiger partial charge in [-0.3, -0.25) is 10.0 Å². The fraction of sp³-hybridized carbons (Fsp3) is 0.350. The summed E-state index contributed by atoms with van der Waals surface area (Å²) >= 11 is 0. The number of hydroxylamine groups is 1. The molecule has 0 heterocycles. The number of halogens is 1. The lowest BCUT2D eigenvalue weighted by Gasteiger charge is -2.05. The lowest BCUT2D eigenvalue weighted by molar-refractivity contribution is -0.127. The van der Waals surface area contributed by atoms with Crippen molar-refractivity contribution in [1.82, 2.24) is 10.8 Å². The summed E-state index contributed by atoms with van der Waals surface area (Å²) in [6.07, 6.45) is 2.54. The molecule has 0 saturated carbocycles. The second-order valence-corrected chi connectivity index (χ2v) is 5.87. The van der Waals surface area contributed by atoms with E-state index in [1.165, 1.54) is 36.0 Å². The third kappa shape index (κ3) is 9.15. The van der Waals surface area contributed by atoms with Crippen LogP contribution in [0.25, 0.3) is 0 Å². The lowest BCUT2D eigenvalue weighted by atomic mass is 10.2. The average Bonchev–Trinajstić information content (AvgIpc) is 2.67. The van der Waals surface area contributed by atoms with Gasteiger partial charge in [-0.25, -0.2) is 9.87 Å². The molecule has 4 N–H and O–H groups in total. The maximum absolute atomic E-state index is 12.8. The number of carbonyl (C=O) groups excluding carboxylic acids is 1. The van der Waals surface area contributed by atoms with E-state index in [1.807, 2.05) is 0 Å². The molecular formula is C20H28FN3O2. The van der Waals surface area contributed by atoms with Crippen LogP contribution in [0.1, 0.15) is 30.9 Å². The van der Waals surface area contributed by atoms with Gasteiger partial charge < -0.3 is 10.6 Å². The van der Waals surface area contributed by atoms with Crippen LogP contribution in [0.4, 0.5) is 10.1 Å². The molecular weight excluding hydrogens is 333 g/mol. The molecule has 2 aromatic carbocycles. The van der Waals surface area contributed by atoms with Gasteiger partial charge in [-0.15, -0.1) is 0 Å². The highest BCUT2D eigenvalue weighted by Gasteiger charge is 2.01. The molecule has 0 atom stereocenters. The molecule has 26 heavy (non-hydrogen) atoms. The SMILES string of the molecule is CCCCNCc1ccccc1.Cc1cc(NCC(=O)NO)ccc1F. The molecule has 0 fully saturated rings. The molecule has 0 radical (unpaired) electrons. The Hall–Kier alpha value is -2.44. The van der Waals surface area contributed by atoms with Crippen LogP contribution < -0.4 is 16.1 Å². The molecule has 2 rings (SSSR count). The van der Waals surface area contributed by atoms with Gasteiger partial charge in [0.15, 0.2) is 0 Å². The molecule has 1 amide bonds. The second kappa shape index (κ2) is 12.9. The quantitative estimate of drug-likeness (QED) is 0.329. The number of rotatable bonds is 8. The molecule has 0 saturated heterocycles. The van der Waals surface area contributed by atoms with Crippen molar-refractivity contribution < 1.29 is 14.4 Å². The van der Waals surface area contributed by atoms with Crippen molar-refractivity contribution in [2.45, 2.75) is 33.2 Å². The van der Waals surface area contributed by atoms with E-state index in [0.29, 0.717) is 11.3 Å². The normalized spacial score (nSPS) is 9.85. The van der Waals surface area contributed by atoms with Crippen molar-refractivity contribution in [1.29, 1.82) is 0 Å². The van der Waals surface area contributed by atoms with E-state index in [4.69, 9.17) is 5.21 Å². The number of hydrogen-bond donors (Lipinski definition) is 4. The summed E-state index contributed by atoms with van der Waals surface area (Å²) in [5, 5.41) is 14.3. The third-order valence-electron chi connectivity index (χ3n) is 3.61. The minimum atomic E-state index is -0.549. The van der Waals surface area contributed by atoms with Gasteiger partial charge in [-0.1, -0.05) is 43.7 Å². The molecule has 0 unspecified atom stereocenters. The molecule has 0 aromatic heterocycles. The van der Waals surface area contributed by atoms with Crippen molar-refractivity contribution in [3.63, 3.8) is 0 Å². The Kier molecular flexibility index (Phi) is 10.7. The first-order chi connectivity index (χ1) is 12.6. The first-order valence-electron chi connectivity index (χ1n) is 8.74. The number of carbonyl (C=O) groups is 1. The fourth-order valence-electron chi connectivity index (χ4n) is 2.11. The van der Waals surface area contributed by atoms with E-state index in [1.54, 1.807) is 13.0 Å². The van der Waals surface area contributed by atoms with Crippen LogP contribution in [0.15, 0.2) is 48.5 Å². The molecule has 2 aromatic rings. The summed E-state index contributed by atoms with van der Waals surface area (Å²) in [6.45, 7) is 5.92. The van der Waals surface area contributed by atoms with Crippen LogP contribution in [-0.2, 0) is 11.3 Å². The van der Waals surface area contributed by atoms with Gasteiger partial charge >= 0.3 is 0 Å². The minimum Gasteiger partial charge on any atom is -0.376 e. The van der Waals surface area contributed by atoms with Crippen molar-refractivity contribution in [2.24, 2.45) is 0 Å². The van der Waals surface area contributed by atoms with Crippen molar-refractivity contribution in [3.05, 3.63) is 65.5 Å². The average molecular weight is 361 g/mol. The van der Waals surface area contributed by atoms with E-state index in [0.717, 1.165) is 13.1 Å². The topological polar surface area (TPSA) is 73.4 Å². The van der Waals surface area contributed by atoms with Gasteiger partial charge in [0.25, 0.3) is 5.91 Å². The van der Waals surface area contributed by atoms with E-state index in [9.17, 15) is 9.18 Å². The highest BCUT2D eigenvalue weighted by molar-refractivity contribution is 5.79. The van der Waals surface area contributed by atoms with E-state index in [2.05, 4.69) is 47.9 Å². The number of unbranched alkanes of at least 4 members (excludes halogenated alkanes) is 1. The molecule has 5 nitrogen and oxygen atoms in total. The summed E-state index contributed by atoms with van der Waals surface area (Å²) in [4.78, 5) is 10.6. The van der Waals surface area contributed by atoms with Gasteiger partial charge in [0.1, 0.15) is 5.82 Å². The summed E-state index contributed by atoms with van der Waals surface area (Å²) in [5.41, 5.74) is 3.99. The Labute approximate surface area is 154 Å². The summed E-state index contributed by atoms with van der Waals surface area (Å²) in [6, 6.07) is 14.9. The maximum atomic E-state index is 12.8. The number of nitrogens with one attached hydrogen (secondary N) is 3. The van der Waals surface area contributed by atoms with Crippen LogP contribution in [0.5, 0.6) is 0 Å². The molecule has 0 bridgehead atoms. The third-order valence-corrected chi connectivity index (χ3v) is 3.61. The van der Waals surface area contributed by atoms with Crippen LogP contribution in [-0.4, -0.2) is 24.2 Å². The maximum Gasteiger partial charge on any atom is 0.262 e. The zero-order chi connectivity index (χ0) is 19.2. The van der Waals surface area contributed by atoms with Crippen molar-refractivity contribution in [3.8, 4) is 0 Å². The van der Waals surface area contributed by atoms with E-state index in [-0.39, 0.29) is 12.4 Å². The van der Waals surface area contributed by atoms with Gasteiger partial charge in [0, 0.05) is 12.2 Å². The number of anilines is 1. The smallest absolute Gasteiger partial charge is 0.262 e. The number of benzene rings is 2. The molecule has 142 valence electrons. The number of aryl methyl sites for hydroxylation is 1. The van der Waals surface area contributed by atoms with Crippen LogP contribution in [0, 0.1) is 12.7 Å². The Morgan fingerprint density at radius 3 is 2.50 bits per heavy atom. The molecule has 6 heteroatoms. The Bertz CT molecular complexity index is 651. The zero-order valence-electron chi connectivity index (χ0n) is 15.4. The lowest BCUT2D eigenvalue weighted by Crippen LogP contribution is -2.26. The molecule has 0 aliphatic carbocycles. The second-order valence-electron chi connectivity index (χ2n) is 5.87. The first kappa shape index (κ1) is 21.6. The van der Waals surface area contributed by atoms with Gasteiger partial charge in [0.05, 0.1) is 6.54 Å². The van der Waals surface area contributed by atoms with Gasteiger partial charge in [-0.2, -0.15) is 0 Å². The molecule has 0 spiro atoms. The van der Waals surface area contributed by atoms with Gasteiger partial charge in [0.2, 0.25) is 0 Å². The van der Waals surface area contributed by atoms with Crippen molar-refractivity contribution in [2.75, 3.05) is 18.4 Å². The Morgan fingerprint density at radius 2 is 1.88 bits per heavy atom. The fourth-order valence-corrected chi connectivity index (χ4v) is 2.11. The zero-order valence-corrected chi connectivity index (χ0v) is 15.4. The molecule has 0 aliphatic heterocycles. The van der Waals surface area contributed by atoms with E-state index >= 15 is 0 Å². The van der Waals surface area contributed by atoms with Crippen LogP contribution in [0.3, 0.4) is 0 Å². The number of hydrogen-bond acceptors (Lipinski definition) is 4. The predicted molar refractivity (Wildman–Crippen MR) is 103 cm³/mol. The summed E-state index contributed by atoms with van der Waals surface area (Å²) in [5.74, 6) is -0.839. The standard InChI is InChI=1S/C11H17N.C9H11FN2O2/c1-2-3-9-12-10-11-7-5-4-6-8-11;1-6-4-7(2-3-8(6)10)11-5-9(13)12-14/h4-8,12H,2-3,9-10H2,1H3;2-4,11,14H,5H2,1H3,(H,12,13). The van der Waals surface area contributed by atoms with Crippen LogP contribution in [0.2, 0.25) is 0 Å². The predicted octanol–water partition coefficient (Wildman–Crippen LogP) is 3.63. The monoisotopic (exact) mass is 361 g/mol. The Balaban J connectivity index is 0.000000263. The van der Waals surface area contributed by atoms with E-state index < -0.39 is 5.91 Å². The highest BCUT2D eigenvalue weighted by atomic mass is 19.1. The Morgan fingerprint density at radius 1 is 1.15 bits per heavy atom. The van der Waals surface area contributed by atoms with Gasteiger partial charge in [-0.05, 0) is 49.2 Å². The first-order valence-corrected chi connectivity index (χ1v) is 8.74. The highest BCUT2D eigenvalue weighted by Crippen LogP contribution is 2.12. The van der Waals surface area contributed by atoms with Crippen molar-refractivity contribution >= 4 is 11.6 Å². The summed E-state index contributed by atoms with van der Waals surface area (Å²) < 4.78 is 12.8. The number of amides is 1. The molecule has 0 aliphatic rings. The summed E-state index contributed by atoms with van der Waals surface area (Å²) in [7, 11) is 0. The largest absolute Gasteiger partial charge is 0.376 e. The van der Waals surface area contributed by atoms with Crippen LogP contribution >= 0.6 is 0 Å². The minimum absolute atomic E-state index is 0.0540.